The average molecular weight is 134 g/mol. The number of hydrogen-bond donors (Lipinski definition) is 0. The molecule has 0 aliphatic rings. The molecule has 0 spiro atoms. The molecule has 8 heavy (non-hydrogen) atoms. The highest BCUT2D eigenvalue weighted by molar-refractivity contribution is 8.18. The lowest BCUT2D eigenvalue weighted by atomic mass is 10.9. The number of carbonyl (C=O) groups is 2. The summed E-state index contributed by atoms with van der Waals surface area (Å²) in [5, 5.41) is -1.17. The van der Waals surface area contributed by atoms with Gasteiger partial charge in [0.1, 0.15) is 0 Å². The fourth-order valence-electron chi connectivity index (χ4n) is 0.202. The van der Waals surface area contributed by atoms with E-state index in [1.807, 2.05) is 0 Å². The lowest BCUT2D eigenvalue weighted by Gasteiger charge is -1.96. The Labute approximate surface area is 50.3 Å². The normalized spacial score (nSPS) is 9.50. The highest BCUT2D eigenvalue weighted by atomic mass is 32.2. The van der Waals surface area contributed by atoms with Crippen LogP contribution in [-0.4, -0.2) is 14.8 Å². The maximum Gasteiger partial charge on any atom is 0.334 e. The molecule has 0 aliphatic heterocycles. The molecule has 0 atom stereocenters. The van der Waals surface area contributed by atoms with Gasteiger partial charge >= 0.3 is 10.2 Å². The zero-order valence-corrected chi connectivity index (χ0v) is 5.45. The van der Waals surface area contributed by atoms with E-state index in [1.54, 1.807) is 0 Å². The lowest BCUT2D eigenvalue weighted by Crippen LogP contribution is -2.18. The molecule has 0 aliphatic carbocycles. The summed E-state index contributed by atoms with van der Waals surface area (Å²) in [6, 6.07) is 0. The molecule has 0 heterocycles. The van der Waals surface area contributed by atoms with Crippen LogP contribution in [0.15, 0.2) is 0 Å². The molecule has 0 aromatic carbocycles. The smallest absolute Gasteiger partial charge is 0.334 e. The summed E-state index contributed by atoms with van der Waals surface area (Å²) in [5.74, 6) is 0. The van der Waals surface area contributed by atoms with Crippen molar-refractivity contribution in [3.05, 3.63) is 0 Å². The predicted molar refractivity (Wildman–Crippen MR) is 29.5 cm³/mol. The quantitative estimate of drug-likeness (QED) is 0.432. The van der Waals surface area contributed by atoms with Crippen molar-refractivity contribution in [1.82, 2.24) is 0 Å². The van der Waals surface area contributed by atoms with Crippen LogP contribution >= 0.6 is 0 Å². The van der Waals surface area contributed by atoms with Crippen LogP contribution in [0.25, 0.3) is 0 Å². The van der Waals surface area contributed by atoms with Crippen LogP contribution in [0.4, 0.5) is 0 Å². The standard InChI is InChI=1S/C4H6O3S/c1-3(5)8(7)4(2)6/h1-2H3. The first-order valence-electron chi connectivity index (χ1n) is 1.98. The van der Waals surface area contributed by atoms with E-state index < -0.39 is 21.4 Å². The molecule has 0 fully saturated rings. The summed E-state index contributed by atoms with van der Waals surface area (Å²) in [4.78, 5) is 20.1. The molecule has 3 nitrogen and oxygen atoms in total. The third kappa shape index (κ3) is 2.09. The Bertz CT molecular complexity index is 106. The monoisotopic (exact) mass is 134 g/mol. The minimum absolute atomic E-state index is 0.586. The minimum atomic E-state index is -1.90. The van der Waals surface area contributed by atoms with Gasteiger partial charge in [0, 0.05) is 13.8 Å². The van der Waals surface area contributed by atoms with Crippen molar-refractivity contribution in [3.8, 4) is 0 Å². The van der Waals surface area contributed by atoms with Crippen molar-refractivity contribution < 1.29 is 14.1 Å². The molecular formula is C4H6O3S. The summed E-state index contributed by atoms with van der Waals surface area (Å²) < 4.78 is 10.3. The number of carbonyl (C=O) groups excluding carboxylic acids is 2. The molecule has 0 saturated carbocycles. The van der Waals surface area contributed by atoms with Crippen molar-refractivity contribution in [2.75, 3.05) is 0 Å². The van der Waals surface area contributed by atoms with Gasteiger partial charge in [0.25, 0.3) is 0 Å². The second kappa shape index (κ2) is 2.84. The van der Waals surface area contributed by atoms with Gasteiger partial charge in [-0.25, -0.2) is 9.59 Å². The van der Waals surface area contributed by atoms with Gasteiger partial charge in [-0.15, -0.1) is 0 Å². The van der Waals surface area contributed by atoms with Crippen molar-refractivity contribution in [2.24, 2.45) is 0 Å². The Morgan fingerprint density at radius 3 is 1.50 bits per heavy atom. The molecule has 0 rings (SSSR count). The number of rotatable bonds is 0. The first-order valence-corrected chi connectivity index (χ1v) is 3.13. The Kier molecular flexibility index (Phi) is 2.71. The van der Waals surface area contributed by atoms with Gasteiger partial charge in [-0.2, -0.15) is 0 Å². The Morgan fingerprint density at radius 2 is 1.50 bits per heavy atom. The SMILES string of the molecule is CC(=O)[S+]([O-])C(C)=O. The van der Waals surface area contributed by atoms with Gasteiger partial charge in [-0.3, -0.25) is 0 Å². The maximum atomic E-state index is 10.3. The molecule has 0 radical (unpaired) electrons. The molecule has 0 saturated heterocycles. The van der Waals surface area contributed by atoms with Crippen LogP contribution in [0.1, 0.15) is 13.8 Å². The summed E-state index contributed by atoms with van der Waals surface area (Å²) in [5.41, 5.74) is 0. The highest BCUT2D eigenvalue weighted by Crippen LogP contribution is 1.91. The zero-order chi connectivity index (χ0) is 6.73. The summed E-state index contributed by atoms with van der Waals surface area (Å²) in [6.07, 6.45) is 0. The molecular weight excluding hydrogens is 128 g/mol. The van der Waals surface area contributed by atoms with Gasteiger partial charge in [0.05, 0.1) is 11.2 Å². The van der Waals surface area contributed by atoms with E-state index in [0.29, 0.717) is 0 Å². The van der Waals surface area contributed by atoms with Gasteiger partial charge < -0.3 is 4.55 Å². The van der Waals surface area contributed by atoms with E-state index >= 15 is 0 Å². The topological polar surface area (TPSA) is 57.2 Å². The van der Waals surface area contributed by atoms with Gasteiger partial charge in [0.15, 0.2) is 0 Å². The third-order valence-electron chi connectivity index (χ3n) is 0.522. The van der Waals surface area contributed by atoms with Gasteiger partial charge in [-0.05, 0) is 0 Å². The first kappa shape index (κ1) is 7.65. The number of hydrogen-bond acceptors (Lipinski definition) is 3. The second-order valence-corrected chi connectivity index (χ2v) is 2.94. The molecule has 0 unspecified atom stereocenters. The average Bonchev–Trinajstić information content (AvgIpc) is 1.64. The van der Waals surface area contributed by atoms with Crippen molar-refractivity contribution in [1.29, 1.82) is 0 Å². The highest BCUT2D eigenvalue weighted by Gasteiger charge is 2.18. The molecule has 0 amide bonds. The fraction of sp³-hybridized carbons (Fsp3) is 0.500. The van der Waals surface area contributed by atoms with Crippen LogP contribution in [0.3, 0.4) is 0 Å². The van der Waals surface area contributed by atoms with E-state index in [-0.39, 0.29) is 0 Å². The van der Waals surface area contributed by atoms with E-state index in [0.717, 1.165) is 13.8 Å². The van der Waals surface area contributed by atoms with Gasteiger partial charge in [-0.1, -0.05) is 0 Å². The van der Waals surface area contributed by atoms with Crippen molar-refractivity contribution in [3.63, 3.8) is 0 Å². The Hall–Kier alpha value is -0.350. The fourth-order valence-corrected chi connectivity index (χ4v) is 0.607. The van der Waals surface area contributed by atoms with Crippen LogP contribution in [0.5, 0.6) is 0 Å². The molecule has 0 N–H and O–H groups in total. The predicted octanol–water partition coefficient (Wildman–Crippen LogP) is -0.172. The third-order valence-corrected chi connectivity index (χ3v) is 1.57. The second-order valence-electron chi connectivity index (χ2n) is 1.25. The first-order chi connectivity index (χ1) is 3.55. The molecule has 0 aromatic heterocycles. The Morgan fingerprint density at radius 1 is 1.25 bits per heavy atom. The summed E-state index contributed by atoms with van der Waals surface area (Å²) >= 11 is -1.90. The van der Waals surface area contributed by atoms with E-state index in [1.165, 1.54) is 0 Å². The summed E-state index contributed by atoms with van der Waals surface area (Å²) in [6.45, 7) is 2.25. The lowest BCUT2D eigenvalue weighted by molar-refractivity contribution is -0.112. The van der Waals surface area contributed by atoms with E-state index in [9.17, 15) is 14.1 Å². The van der Waals surface area contributed by atoms with Crippen LogP contribution in [-0.2, 0) is 20.8 Å². The van der Waals surface area contributed by atoms with Crippen LogP contribution < -0.4 is 0 Å². The van der Waals surface area contributed by atoms with Crippen molar-refractivity contribution in [2.45, 2.75) is 13.8 Å². The van der Waals surface area contributed by atoms with Gasteiger partial charge in [0.2, 0.25) is 0 Å². The molecule has 0 aromatic rings. The van der Waals surface area contributed by atoms with Crippen LogP contribution in [0, 0.1) is 0 Å². The van der Waals surface area contributed by atoms with E-state index in [4.69, 9.17) is 0 Å². The summed E-state index contributed by atoms with van der Waals surface area (Å²) in [7, 11) is 0. The zero-order valence-electron chi connectivity index (χ0n) is 4.63. The van der Waals surface area contributed by atoms with E-state index in [2.05, 4.69) is 0 Å². The maximum absolute atomic E-state index is 10.3. The minimum Gasteiger partial charge on any atom is -0.602 e. The largest absolute Gasteiger partial charge is 0.602 e. The van der Waals surface area contributed by atoms with Crippen LogP contribution in [0.2, 0.25) is 0 Å². The molecule has 46 valence electrons. The Balaban J connectivity index is 3.83. The van der Waals surface area contributed by atoms with Crippen molar-refractivity contribution >= 4 is 21.4 Å². The molecule has 4 heteroatoms. The molecule has 0 bridgehead atoms.